The second-order valence-corrected chi connectivity index (χ2v) is 6.58. The van der Waals surface area contributed by atoms with Crippen LogP contribution in [-0.2, 0) is 16.0 Å². The third-order valence-electron chi connectivity index (χ3n) is 4.84. The van der Waals surface area contributed by atoms with Crippen molar-refractivity contribution in [3.05, 3.63) is 54.1 Å². The zero-order chi connectivity index (χ0) is 17.2. The third kappa shape index (κ3) is 3.22. The number of hydrogen-bond acceptors (Lipinski definition) is 3. The lowest BCUT2D eigenvalue weighted by atomic mass is 10.1. The first-order valence-corrected chi connectivity index (χ1v) is 8.76. The van der Waals surface area contributed by atoms with E-state index in [2.05, 4.69) is 16.7 Å². The fourth-order valence-corrected chi connectivity index (χ4v) is 3.54. The first-order chi connectivity index (χ1) is 12.2. The summed E-state index contributed by atoms with van der Waals surface area (Å²) in [5.74, 6) is 0.179. The summed E-state index contributed by atoms with van der Waals surface area (Å²) >= 11 is 0. The van der Waals surface area contributed by atoms with Gasteiger partial charge in [0.2, 0.25) is 11.8 Å². The Bertz CT molecular complexity index is 804. The highest BCUT2D eigenvalue weighted by Crippen LogP contribution is 2.28. The molecule has 5 heteroatoms. The first kappa shape index (κ1) is 15.7. The fourth-order valence-electron chi connectivity index (χ4n) is 3.54. The van der Waals surface area contributed by atoms with Crippen LogP contribution in [0.2, 0.25) is 0 Å². The van der Waals surface area contributed by atoms with Crippen LogP contribution in [0.3, 0.4) is 0 Å². The van der Waals surface area contributed by atoms with Gasteiger partial charge in [0.1, 0.15) is 6.04 Å². The first-order valence-electron chi connectivity index (χ1n) is 8.76. The summed E-state index contributed by atoms with van der Waals surface area (Å²) in [6, 6.07) is 15.5. The van der Waals surface area contributed by atoms with Gasteiger partial charge < -0.3 is 15.5 Å². The van der Waals surface area contributed by atoms with Crippen molar-refractivity contribution in [1.29, 1.82) is 0 Å². The number of anilines is 3. The van der Waals surface area contributed by atoms with Crippen molar-refractivity contribution in [3.63, 3.8) is 0 Å². The smallest absolute Gasteiger partial charge is 0.249 e. The molecule has 2 aromatic carbocycles. The van der Waals surface area contributed by atoms with Gasteiger partial charge in [-0.2, -0.15) is 0 Å². The molecule has 2 aliphatic heterocycles. The Morgan fingerprint density at radius 2 is 1.88 bits per heavy atom. The van der Waals surface area contributed by atoms with Gasteiger partial charge >= 0.3 is 0 Å². The maximum Gasteiger partial charge on any atom is 0.249 e. The molecule has 1 atom stereocenters. The molecule has 4 rings (SSSR count). The van der Waals surface area contributed by atoms with Gasteiger partial charge in [-0.05, 0) is 55.2 Å². The van der Waals surface area contributed by atoms with E-state index in [9.17, 15) is 9.59 Å². The highest BCUT2D eigenvalue weighted by atomic mass is 16.2. The average Bonchev–Trinajstić information content (AvgIpc) is 2.87. The van der Waals surface area contributed by atoms with Crippen LogP contribution in [0.25, 0.3) is 0 Å². The number of carbonyl (C=O) groups excluding carboxylic acids is 2. The standard InChI is InChI=1S/C20H21N3O2/c24-19-8-4-5-14-13-15(9-10-17(14)22-19)21-18-11-12-23(20(18)25)16-6-2-1-3-7-16/h1-3,6-7,9-10,13,18,21H,4-5,8,11-12H2,(H,22,24)/t18-/m1/s1. The average molecular weight is 335 g/mol. The fraction of sp³-hybridized carbons (Fsp3) is 0.300. The normalized spacial score (nSPS) is 20.0. The number of hydrogen-bond donors (Lipinski definition) is 2. The van der Waals surface area contributed by atoms with Crippen molar-refractivity contribution < 1.29 is 9.59 Å². The Hall–Kier alpha value is -2.82. The second-order valence-electron chi connectivity index (χ2n) is 6.58. The number of carbonyl (C=O) groups is 2. The van der Waals surface area contributed by atoms with Gasteiger partial charge in [0.05, 0.1) is 0 Å². The summed E-state index contributed by atoms with van der Waals surface area (Å²) in [6.45, 7) is 0.724. The van der Waals surface area contributed by atoms with Crippen molar-refractivity contribution in [2.45, 2.75) is 31.7 Å². The SMILES string of the molecule is O=C1CCCc2cc(N[C@@H]3CCN(c4ccccc4)C3=O)ccc2N1. The molecule has 0 spiro atoms. The van der Waals surface area contributed by atoms with Gasteiger partial charge in [-0.15, -0.1) is 0 Å². The molecule has 25 heavy (non-hydrogen) atoms. The molecular formula is C20H21N3O2. The molecule has 2 heterocycles. The van der Waals surface area contributed by atoms with Crippen LogP contribution in [0.15, 0.2) is 48.5 Å². The minimum absolute atomic E-state index is 0.0731. The molecule has 128 valence electrons. The van der Waals surface area contributed by atoms with Crippen LogP contribution < -0.4 is 15.5 Å². The molecule has 1 saturated heterocycles. The lowest BCUT2D eigenvalue weighted by Crippen LogP contribution is -2.33. The van der Waals surface area contributed by atoms with E-state index in [1.165, 1.54) is 0 Å². The summed E-state index contributed by atoms with van der Waals surface area (Å²) in [6.07, 6.45) is 3.07. The molecule has 0 aromatic heterocycles. The molecule has 2 N–H and O–H groups in total. The zero-order valence-electron chi connectivity index (χ0n) is 14.0. The predicted octanol–water partition coefficient (Wildman–Crippen LogP) is 3.18. The highest BCUT2D eigenvalue weighted by molar-refractivity contribution is 6.01. The van der Waals surface area contributed by atoms with Gasteiger partial charge in [0, 0.05) is 30.0 Å². The number of aryl methyl sites for hydroxylation is 1. The van der Waals surface area contributed by atoms with Gasteiger partial charge in [-0.1, -0.05) is 18.2 Å². The van der Waals surface area contributed by atoms with E-state index in [1.54, 1.807) is 0 Å². The Morgan fingerprint density at radius 1 is 1.04 bits per heavy atom. The number of benzene rings is 2. The molecule has 0 bridgehead atoms. The van der Waals surface area contributed by atoms with E-state index in [-0.39, 0.29) is 17.9 Å². The van der Waals surface area contributed by atoms with Crippen LogP contribution in [0, 0.1) is 0 Å². The quantitative estimate of drug-likeness (QED) is 0.906. The number of para-hydroxylation sites is 1. The molecule has 0 radical (unpaired) electrons. The van der Waals surface area contributed by atoms with Crippen LogP contribution in [0.1, 0.15) is 24.8 Å². The molecule has 0 unspecified atom stereocenters. The summed E-state index contributed by atoms with van der Waals surface area (Å²) in [5.41, 5.74) is 3.89. The number of fused-ring (bicyclic) bond motifs is 1. The van der Waals surface area contributed by atoms with Gasteiger partial charge in [-0.25, -0.2) is 0 Å². The Kier molecular flexibility index (Phi) is 4.14. The number of rotatable bonds is 3. The molecule has 0 saturated carbocycles. The third-order valence-corrected chi connectivity index (χ3v) is 4.84. The second kappa shape index (κ2) is 6.59. The predicted molar refractivity (Wildman–Crippen MR) is 98.8 cm³/mol. The van der Waals surface area contributed by atoms with Gasteiger partial charge in [-0.3, -0.25) is 9.59 Å². The molecule has 2 aliphatic rings. The monoisotopic (exact) mass is 335 g/mol. The molecule has 2 aromatic rings. The van der Waals surface area contributed by atoms with E-state index >= 15 is 0 Å². The summed E-state index contributed by atoms with van der Waals surface area (Å²) < 4.78 is 0. The molecule has 0 aliphatic carbocycles. The number of amides is 2. The van der Waals surface area contributed by atoms with Crippen LogP contribution >= 0.6 is 0 Å². The number of nitrogens with zero attached hydrogens (tertiary/aromatic N) is 1. The molecule has 5 nitrogen and oxygen atoms in total. The lowest BCUT2D eigenvalue weighted by Gasteiger charge is -2.18. The number of nitrogens with one attached hydrogen (secondary N) is 2. The Labute approximate surface area is 147 Å². The minimum atomic E-state index is -0.210. The van der Waals surface area contributed by atoms with Gasteiger partial charge in [0.25, 0.3) is 0 Å². The van der Waals surface area contributed by atoms with Crippen LogP contribution in [-0.4, -0.2) is 24.4 Å². The van der Waals surface area contributed by atoms with E-state index in [0.717, 1.165) is 48.4 Å². The highest BCUT2D eigenvalue weighted by Gasteiger charge is 2.32. The van der Waals surface area contributed by atoms with E-state index in [4.69, 9.17) is 0 Å². The van der Waals surface area contributed by atoms with Crippen LogP contribution in [0.5, 0.6) is 0 Å². The van der Waals surface area contributed by atoms with E-state index in [0.29, 0.717) is 6.42 Å². The van der Waals surface area contributed by atoms with Crippen molar-refractivity contribution in [3.8, 4) is 0 Å². The van der Waals surface area contributed by atoms with E-state index < -0.39 is 0 Å². The maximum atomic E-state index is 12.7. The maximum absolute atomic E-state index is 12.7. The summed E-state index contributed by atoms with van der Waals surface area (Å²) in [7, 11) is 0. The molecular weight excluding hydrogens is 314 g/mol. The van der Waals surface area contributed by atoms with Crippen molar-refractivity contribution in [2.24, 2.45) is 0 Å². The molecule has 2 amide bonds. The lowest BCUT2D eigenvalue weighted by molar-refractivity contribution is -0.118. The van der Waals surface area contributed by atoms with Crippen molar-refractivity contribution >= 4 is 28.9 Å². The zero-order valence-corrected chi connectivity index (χ0v) is 14.0. The van der Waals surface area contributed by atoms with Gasteiger partial charge in [0.15, 0.2) is 0 Å². The van der Waals surface area contributed by atoms with E-state index in [1.807, 2.05) is 47.4 Å². The summed E-state index contributed by atoms with van der Waals surface area (Å²) in [4.78, 5) is 26.2. The minimum Gasteiger partial charge on any atom is -0.374 e. The Morgan fingerprint density at radius 3 is 2.72 bits per heavy atom. The molecule has 1 fully saturated rings. The van der Waals surface area contributed by atoms with Crippen LogP contribution in [0.4, 0.5) is 17.1 Å². The summed E-state index contributed by atoms with van der Waals surface area (Å²) in [5, 5.41) is 6.31. The van der Waals surface area contributed by atoms with Crippen molar-refractivity contribution in [2.75, 3.05) is 22.1 Å². The largest absolute Gasteiger partial charge is 0.374 e. The van der Waals surface area contributed by atoms with Crippen molar-refractivity contribution in [1.82, 2.24) is 0 Å². The topological polar surface area (TPSA) is 61.4 Å². The Balaban J connectivity index is 1.49.